The molecular formula is C14H17FN2O3. The van der Waals surface area contributed by atoms with Crippen molar-refractivity contribution in [2.24, 2.45) is 0 Å². The lowest BCUT2D eigenvalue weighted by molar-refractivity contribution is -0.137. The van der Waals surface area contributed by atoms with Crippen molar-refractivity contribution in [3.63, 3.8) is 0 Å². The second kappa shape index (κ2) is 5.90. The molecule has 1 N–H and O–H groups in total. The van der Waals surface area contributed by atoms with Crippen LogP contribution in [0.25, 0.3) is 0 Å². The first-order chi connectivity index (χ1) is 9.52. The van der Waals surface area contributed by atoms with Gasteiger partial charge in [0.1, 0.15) is 12.4 Å². The topological polar surface area (TPSA) is 60.9 Å². The van der Waals surface area contributed by atoms with Crippen molar-refractivity contribution < 1.29 is 19.1 Å². The van der Waals surface area contributed by atoms with E-state index in [0.29, 0.717) is 12.2 Å². The number of nitrogens with zero attached hydrogens (tertiary/aromatic N) is 2. The maximum atomic E-state index is 13.3. The van der Waals surface area contributed by atoms with E-state index in [1.807, 2.05) is 0 Å². The van der Waals surface area contributed by atoms with Gasteiger partial charge in [0.25, 0.3) is 0 Å². The number of carbonyl (C=O) groups excluding carboxylic acids is 1. The number of hydrogen-bond donors (Lipinski definition) is 1. The highest BCUT2D eigenvalue weighted by molar-refractivity contribution is 5.94. The van der Waals surface area contributed by atoms with Gasteiger partial charge in [0.2, 0.25) is 0 Å². The molecular weight excluding hydrogens is 263 g/mol. The summed E-state index contributed by atoms with van der Waals surface area (Å²) in [7, 11) is 0. The molecule has 0 saturated heterocycles. The number of carboxylic acid groups (broad SMARTS) is 1. The van der Waals surface area contributed by atoms with Crippen molar-refractivity contribution in [1.29, 1.82) is 0 Å². The Hall–Kier alpha value is -2.11. The molecule has 20 heavy (non-hydrogen) atoms. The van der Waals surface area contributed by atoms with Crippen molar-refractivity contribution in [2.45, 2.75) is 25.8 Å². The Morgan fingerprint density at radius 2 is 2.10 bits per heavy atom. The van der Waals surface area contributed by atoms with Crippen LogP contribution < -0.4 is 4.90 Å². The van der Waals surface area contributed by atoms with Crippen molar-refractivity contribution in [1.82, 2.24) is 4.90 Å². The molecule has 1 aliphatic rings. The molecule has 1 saturated carbocycles. The molecule has 0 radical (unpaired) electrons. The van der Waals surface area contributed by atoms with E-state index in [1.54, 1.807) is 13.0 Å². The highest BCUT2D eigenvalue weighted by Gasteiger charge is 2.36. The summed E-state index contributed by atoms with van der Waals surface area (Å²) in [5.74, 6) is -1.47. The number of anilines is 1. The van der Waals surface area contributed by atoms with E-state index < -0.39 is 11.8 Å². The predicted octanol–water partition coefficient (Wildman–Crippen LogP) is 2.32. The van der Waals surface area contributed by atoms with E-state index in [4.69, 9.17) is 5.11 Å². The van der Waals surface area contributed by atoms with E-state index in [0.717, 1.165) is 12.8 Å². The number of benzene rings is 1. The highest BCUT2D eigenvalue weighted by atomic mass is 19.1. The maximum Gasteiger partial charge on any atom is 0.325 e. The van der Waals surface area contributed by atoms with Crippen molar-refractivity contribution >= 4 is 17.7 Å². The molecule has 2 amide bonds. The number of carbonyl (C=O) groups is 2. The van der Waals surface area contributed by atoms with Crippen molar-refractivity contribution in [3.05, 3.63) is 30.1 Å². The van der Waals surface area contributed by atoms with Crippen molar-refractivity contribution in [2.75, 3.05) is 18.0 Å². The highest BCUT2D eigenvalue weighted by Crippen LogP contribution is 2.29. The van der Waals surface area contributed by atoms with Gasteiger partial charge in [-0.2, -0.15) is 0 Å². The molecule has 1 fully saturated rings. The summed E-state index contributed by atoms with van der Waals surface area (Å²) in [5, 5.41) is 8.91. The Labute approximate surface area is 116 Å². The first-order valence-corrected chi connectivity index (χ1v) is 6.58. The predicted molar refractivity (Wildman–Crippen MR) is 72.2 cm³/mol. The fraction of sp³-hybridized carbons (Fsp3) is 0.429. The van der Waals surface area contributed by atoms with Gasteiger partial charge in [-0.25, -0.2) is 9.18 Å². The molecule has 5 nitrogen and oxygen atoms in total. The standard InChI is InChI=1S/C14H17FN2O3/c1-2-16(12-5-3-4-10(15)8-12)14(20)17(9-13(18)19)11-6-7-11/h3-5,8,11H,2,6-7,9H2,1H3,(H,18,19). The Morgan fingerprint density at radius 1 is 1.40 bits per heavy atom. The summed E-state index contributed by atoms with van der Waals surface area (Å²) in [6, 6.07) is 5.34. The lowest BCUT2D eigenvalue weighted by Gasteiger charge is -2.29. The fourth-order valence-electron chi connectivity index (χ4n) is 2.11. The number of rotatable bonds is 5. The van der Waals surface area contributed by atoms with Crippen LogP contribution in [-0.2, 0) is 4.79 Å². The number of carboxylic acids is 1. The maximum absolute atomic E-state index is 13.3. The lowest BCUT2D eigenvalue weighted by Crippen LogP contribution is -2.46. The quantitative estimate of drug-likeness (QED) is 0.900. The van der Waals surface area contributed by atoms with Gasteiger partial charge in [0.15, 0.2) is 0 Å². The third kappa shape index (κ3) is 3.26. The fourth-order valence-corrected chi connectivity index (χ4v) is 2.11. The Balaban J connectivity index is 2.20. The minimum Gasteiger partial charge on any atom is -0.480 e. The van der Waals surface area contributed by atoms with E-state index in [2.05, 4.69) is 0 Å². The average Bonchev–Trinajstić information content (AvgIpc) is 3.21. The molecule has 6 heteroatoms. The zero-order valence-electron chi connectivity index (χ0n) is 11.3. The van der Waals surface area contributed by atoms with E-state index in [1.165, 1.54) is 28.0 Å². The van der Waals surface area contributed by atoms with Crippen LogP contribution in [0, 0.1) is 5.82 Å². The van der Waals surface area contributed by atoms with Gasteiger partial charge in [-0.1, -0.05) is 6.07 Å². The van der Waals surface area contributed by atoms with Crippen LogP contribution in [0.4, 0.5) is 14.9 Å². The van der Waals surface area contributed by atoms with Gasteiger partial charge in [-0.05, 0) is 38.0 Å². The van der Waals surface area contributed by atoms with Crippen LogP contribution in [0.3, 0.4) is 0 Å². The van der Waals surface area contributed by atoms with Crippen molar-refractivity contribution in [3.8, 4) is 0 Å². The molecule has 0 aromatic heterocycles. The van der Waals surface area contributed by atoms with Crippen LogP contribution >= 0.6 is 0 Å². The first-order valence-electron chi connectivity index (χ1n) is 6.58. The Kier molecular flexibility index (Phi) is 4.22. The van der Waals surface area contributed by atoms with Crippen LogP contribution in [0.15, 0.2) is 24.3 Å². The van der Waals surface area contributed by atoms with Gasteiger partial charge in [-0.3, -0.25) is 9.69 Å². The smallest absolute Gasteiger partial charge is 0.325 e. The lowest BCUT2D eigenvalue weighted by atomic mass is 10.3. The van der Waals surface area contributed by atoms with Crippen LogP contribution in [0.1, 0.15) is 19.8 Å². The Bertz CT molecular complexity index is 517. The van der Waals surface area contributed by atoms with Crippen LogP contribution in [-0.4, -0.2) is 41.1 Å². The van der Waals surface area contributed by atoms with Gasteiger partial charge < -0.3 is 10.0 Å². The molecule has 1 aliphatic carbocycles. The van der Waals surface area contributed by atoms with Crippen LogP contribution in [0.2, 0.25) is 0 Å². The second-order valence-electron chi connectivity index (χ2n) is 4.76. The Morgan fingerprint density at radius 3 is 2.60 bits per heavy atom. The van der Waals surface area contributed by atoms with E-state index >= 15 is 0 Å². The second-order valence-corrected chi connectivity index (χ2v) is 4.76. The number of hydrogen-bond acceptors (Lipinski definition) is 2. The number of amides is 2. The minimum absolute atomic E-state index is 0.0128. The average molecular weight is 280 g/mol. The molecule has 0 heterocycles. The SMILES string of the molecule is CCN(C(=O)N(CC(=O)O)C1CC1)c1cccc(F)c1. The molecule has 0 unspecified atom stereocenters. The molecule has 0 spiro atoms. The third-order valence-corrected chi connectivity index (χ3v) is 3.21. The minimum atomic E-state index is -1.04. The van der Waals surface area contributed by atoms with Gasteiger partial charge in [-0.15, -0.1) is 0 Å². The van der Waals surface area contributed by atoms with Crippen LogP contribution in [0.5, 0.6) is 0 Å². The summed E-state index contributed by atoms with van der Waals surface area (Å²) < 4.78 is 13.3. The summed E-state index contributed by atoms with van der Waals surface area (Å²) >= 11 is 0. The summed E-state index contributed by atoms with van der Waals surface area (Å²) in [6.45, 7) is 1.80. The molecule has 1 aromatic rings. The van der Waals surface area contributed by atoms with Gasteiger partial charge in [0, 0.05) is 18.3 Å². The van der Waals surface area contributed by atoms with Gasteiger partial charge >= 0.3 is 12.0 Å². The van der Waals surface area contributed by atoms with E-state index in [-0.39, 0.29) is 18.6 Å². The monoisotopic (exact) mass is 280 g/mol. The third-order valence-electron chi connectivity index (χ3n) is 3.21. The largest absolute Gasteiger partial charge is 0.480 e. The molecule has 0 aliphatic heterocycles. The zero-order chi connectivity index (χ0) is 14.7. The molecule has 1 aromatic carbocycles. The van der Waals surface area contributed by atoms with Gasteiger partial charge in [0.05, 0.1) is 0 Å². The summed E-state index contributed by atoms with van der Waals surface area (Å²) in [4.78, 5) is 26.1. The molecule has 0 bridgehead atoms. The summed E-state index contributed by atoms with van der Waals surface area (Å²) in [6.07, 6.45) is 1.64. The molecule has 108 valence electrons. The molecule has 0 atom stereocenters. The normalized spacial score (nSPS) is 13.9. The molecule has 2 rings (SSSR count). The first kappa shape index (κ1) is 14.3. The zero-order valence-corrected chi connectivity index (χ0v) is 11.3. The van der Waals surface area contributed by atoms with E-state index in [9.17, 15) is 14.0 Å². The number of urea groups is 1. The number of aliphatic carboxylic acids is 1. The summed E-state index contributed by atoms with van der Waals surface area (Å²) in [5.41, 5.74) is 0.438. The number of halogens is 1.